The molecule has 5 rings (SSSR count). The van der Waals surface area contributed by atoms with Gasteiger partial charge < -0.3 is 19.8 Å². The molecule has 33 heavy (non-hydrogen) atoms. The molecule has 0 unspecified atom stereocenters. The van der Waals surface area contributed by atoms with Gasteiger partial charge in [0.1, 0.15) is 11.6 Å². The van der Waals surface area contributed by atoms with Crippen molar-refractivity contribution in [3.8, 4) is 17.5 Å². The third-order valence-corrected chi connectivity index (χ3v) is 7.31. The molecule has 1 saturated carbocycles. The van der Waals surface area contributed by atoms with Gasteiger partial charge >= 0.3 is 0 Å². The number of hydrogen-bond acceptors (Lipinski definition) is 5. The van der Waals surface area contributed by atoms with Crippen molar-refractivity contribution in [1.82, 2.24) is 9.47 Å². The topological polar surface area (TPSA) is 61.1 Å². The second-order valence-corrected chi connectivity index (χ2v) is 9.45. The summed E-state index contributed by atoms with van der Waals surface area (Å²) >= 11 is 0. The molecule has 2 heterocycles. The zero-order chi connectivity index (χ0) is 22.8. The minimum absolute atomic E-state index is 0.206. The Morgan fingerprint density at radius 1 is 0.909 bits per heavy atom. The summed E-state index contributed by atoms with van der Waals surface area (Å²) in [6.07, 6.45) is 11.1. The van der Waals surface area contributed by atoms with Crippen LogP contribution in [0.4, 0.5) is 10.1 Å². The van der Waals surface area contributed by atoms with Gasteiger partial charge in [-0.3, -0.25) is 9.47 Å². The van der Waals surface area contributed by atoms with Crippen LogP contribution in [0.5, 0.6) is 17.5 Å². The highest BCUT2D eigenvalue weighted by molar-refractivity contribution is 5.59. The lowest BCUT2D eigenvalue weighted by molar-refractivity contribution is 0.208. The lowest BCUT2D eigenvalue weighted by Gasteiger charge is -2.37. The molecule has 1 aromatic heterocycles. The third kappa shape index (κ3) is 4.69. The molecule has 2 fully saturated rings. The summed E-state index contributed by atoms with van der Waals surface area (Å²) in [6, 6.07) is 4.87. The summed E-state index contributed by atoms with van der Waals surface area (Å²) in [6.45, 7) is 4.92. The maximum Gasteiger partial charge on any atom is 0.197 e. The van der Waals surface area contributed by atoms with E-state index >= 15 is 0 Å². The van der Waals surface area contributed by atoms with E-state index < -0.39 is 0 Å². The van der Waals surface area contributed by atoms with Crippen LogP contribution >= 0.6 is 0 Å². The van der Waals surface area contributed by atoms with Crippen LogP contribution in [0.15, 0.2) is 30.4 Å². The minimum Gasteiger partial charge on any atom is -0.494 e. The van der Waals surface area contributed by atoms with E-state index in [0.29, 0.717) is 19.4 Å². The van der Waals surface area contributed by atoms with E-state index in [9.17, 15) is 14.6 Å². The first-order chi connectivity index (χ1) is 16.1. The number of piperazine rings is 1. The van der Waals surface area contributed by atoms with Gasteiger partial charge in [0.2, 0.25) is 0 Å². The van der Waals surface area contributed by atoms with Crippen molar-refractivity contribution >= 4 is 5.69 Å². The Morgan fingerprint density at radius 3 is 2.24 bits per heavy atom. The number of rotatable bonds is 7. The first kappa shape index (κ1) is 22.1. The third-order valence-electron chi connectivity index (χ3n) is 7.31. The van der Waals surface area contributed by atoms with Gasteiger partial charge in [0.15, 0.2) is 11.8 Å². The molecule has 1 saturated heterocycles. The average Bonchev–Trinajstić information content (AvgIpc) is 3.43. The quantitative estimate of drug-likeness (QED) is 0.612. The number of aromatic nitrogens is 1. The van der Waals surface area contributed by atoms with Crippen LogP contribution in [0, 0.1) is 5.82 Å². The van der Waals surface area contributed by atoms with Gasteiger partial charge in [-0.1, -0.05) is 12.2 Å². The first-order valence-electron chi connectivity index (χ1n) is 12.3. The summed E-state index contributed by atoms with van der Waals surface area (Å²) < 4.78 is 21.9. The molecule has 2 aromatic rings. The maximum atomic E-state index is 14.0. The predicted molar refractivity (Wildman–Crippen MR) is 127 cm³/mol. The molecule has 1 aliphatic heterocycles. The van der Waals surface area contributed by atoms with Gasteiger partial charge in [-0.2, -0.15) is 0 Å². The first-order valence-corrected chi connectivity index (χ1v) is 12.3. The molecule has 0 spiro atoms. The molecule has 6 nitrogen and oxygen atoms in total. The average molecular weight is 456 g/mol. The van der Waals surface area contributed by atoms with Crippen LogP contribution < -0.4 is 9.64 Å². The second kappa shape index (κ2) is 9.67. The zero-order valence-corrected chi connectivity index (χ0v) is 19.2. The van der Waals surface area contributed by atoms with Gasteiger partial charge in [-0.15, -0.1) is 0 Å². The normalized spacial score (nSPS) is 19.2. The number of benzene rings is 1. The van der Waals surface area contributed by atoms with Gasteiger partial charge in [0, 0.05) is 49.9 Å². The van der Waals surface area contributed by atoms with E-state index in [-0.39, 0.29) is 23.7 Å². The highest BCUT2D eigenvalue weighted by atomic mass is 19.1. The van der Waals surface area contributed by atoms with Crippen LogP contribution in [0.25, 0.3) is 0 Å². The highest BCUT2D eigenvalue weighted by Gasteiger charge is 2.25. The highest BCUT2D eigenvalue weighted by Crippen LogP contribution is 2.37. The molecular weight excluding hydrogens is 421 g/mol. The Labute approximate surface area is 194 Å². The number of hydrogen-bond donors (Lipinski definition) is 2. The number of fused-ring (bicyclic) bond motifs is 1. The fourth-order valence-electron chi connectivity index (χ4n) is 5.43. The largest absolute Gasteiger partial charge is 0.494 e. The van der Waals surface area contributed by atoms with Crippen molar-refractivity contribution in [2.45, 2.75) is 57.6 Å². The molecule has 1 aromatic carbocycles. The van der Waals surface area contributed by atoms with Gasteiger partial charge in [-0.05, 0) is 63.6 Å². The van der Waals surface area contributed by atoms with E-state index in [1.54, 1.807) is 16.7 Å². The number of nitrogens with zero attached hydrogens (tertiary/aromatic N) is 3. The Kier molecular flexibility index (Phi) is 6.49. The van der Waals surface area contributed by atoms with Crippen LogP contribution in [-0.4, -0.2) is 58.5 Å². The van der Waals surface area contributed by atoms with Crippen LogP contribution in [0.3, 0.4) is 0 Å². The summed E-state index contributed by atoms with van der Waals surface area (Å²) in [7, 11) is 0. The zero-order valence-electron chi connectivity index (χ0n) is 19.2. The Bertz CT molecular complexity index is 973. The van der Waals surface area contributed by atoms with Crippen molar-refractivity contribution in [2.75, 3.05) is 37.6 Å². The SMILES string of the molecule is Oc1c2c(c(O)n1CCCN1CCN(c3cc(F)ccc3OC3CCCC3)CC1)CC=CC2. The lowest BCUT2D eigenvalue weighted by atomic mass is 10.0. The number of aromatic hydroxyl groups is 2. The van der Waals surface area contributed by atoms with Crippen molar-refractivity contribution in [3.63, 3.8) is 0 Å². The Balaban J connectivity index is 1.15. The molecule has 2 aliphatic carbocycles. The van der Waals surface area contributed by atoms with E-state index in [1.807, 2.05) is 12.2 Å². The Hall–Kier alpha value is -2.67. The van der Waals surface area contributed by atoms with Crippen molar-refractivity contribution in [3.05, 3.63) is 47.3 Å². The molecule has 0 atom stereocenters. The van der Waals surface area contributed by atoms with E-state index in [0.717, 1.165) is 74.6 Å². The fourth-order valence-corrected chi connectivity index (χ4v) is 5.43. The second-order valence-electron chi connectivity index (χ2n) is 9.45. The summed E-state index contributed by atoms with van der Waals surface area (Å²) in [5.41, 5.74) is 2.58. The van der Waals surface area contributed by atoms with E-state index in [1.165, 1.54) is 18.9 Å². The van der Waals surface area contributed by atoms with Crippen molar-refractivity contribution in [2.24, 2.45) is 0 Å². The molecule has 0 bridgehead atoms. The smallest absolute Gasteiger partial charge is 0.197 e. The van der Waals surface area contributed by atoms with Crippen molar-refractivity contribution in [1.29, 1.82) is 0 Å². The van der Waals surface area contributed by atoms with Gasteiger partial charge in [0.25, 0.3) is 0 Å². The standard InChI is InChI=1S/C26H34FN3O3/c27-19-10-11-24(33-20-6-1-2-7-20)23(18-19)29-16-14-28(15-17-29)12-5-13-30-25(31)21-8-3-4-9-22(21)26(30)32/h3-4,10-11,18,20,31-32H,1-2,5-9,12-17H2. The monoisotopic (exact) mass is 455 g/mol. The molecule has 7 heteroatoms. The van der Waals surface area contributed by atoms with Crippen molar-refractivity contribution < 1.29 is 19.3 Å². The van der Waals surface area contributed by atoms with Crippen LogP contribution in [0.2, 0.25) is 0 Å². The lowest BCUT2D eigenvalue weighted by Crippen LogP contribution is -2.47. The van der Waals surface area contributed by atoms with E-state index in [4.69, 9.17) is 4.74 Å². The van der Waals surface area contributed by atoms with Gasteiger partial charge in [0.05, 0.1) is 11.8 Å². The number of ether oxygens (including phenoxy) is 1. The summed E-state index contributed by atoms with van der Waals surface area (Å²) in [5, 5.41) is 21.0. The summed E-state index contributed by atoms with van der Waals surface area (Å²) in [4.78, 5) is 4.63. The molecule has 3 aliphatic rings. The minimum atomic E-state index is -0.226. The van der Waals surface area contributed by atoms with E-state index in [2.05, 4.69) is 9.80 Å². The number of halogens is 1. The predicted octanol–water partition coefficient (Wildman–Crippen LogP) is 4.23. The Morgan fingerprint density at radius 2 is 1.58 bits per heavy atom. The number of anilines is 1. The molecule has 178 valence electrons. The molecule has 0 radical (unpaired) electrons. The molecule has 0 amide bonds. The van der Waals surface area contributed by atoms with Crippen LogP contribution in [-0.2, 0) is 19.4 Å². The fraction of sp³-hybridized carbons (Fsp3) is 0.538. The summed E-state index contributed by atoms with van der Waals surface area (Å²) in [5.74, 6) is 0.985. The number of allylic oxidation sites excluding steroid dienone is 2. The van der Waals surface area contributed by atoms with Gasteiger partial charge in [-0.25, -0.2) is 4.39 Å². The van der Waals surface area contributed by atoms with Crippen LogP contribution in [0.1, 0.15) is 43.2 Å². The molecule has 2 N–H and O–H groups in total. The molecular formula is C26H34FN3O3. The maximum absolute atomic E-state index is 14.0.